The summed E-state index contributed by atoms with van der Waals surface area (Å²) < 4.78 is 40.9. The molecule has 1 N–H and O–H groups in total. The van der Waals surface area contributed by atoms with E-state index >= 15 is 0 Å². The first-order valence-electron chi connectivity index (χ1n) is 8.00. The number of aromatic nitrogens is 3. The molecule has 1 atom stereocenters. The molecule has 0 bridgehead atoms. The summed E-state index contributed by atoms with van der Waals surface area (Å²) in [4.78, 5) is 28.3. The van der Waals surface area contributed by atoms with Gasteiger partial charge in [-0.3, -0.25) is 14.6 Å². The Morgan fingerprint density at radius 1 is 1.19 bits per heavy atom. The number of rotatable bonds is 4. The molecule has 9 heteroatoms. The normalized spacial score (nSPS) is 12.7. The molecular weight excluding hydrogens is 361 g/mol. The summed E-state index contributed by atoms with van der Waals surface area (Å²) in [5.74, 6) is -0.981. The largest absolute Gasteiger partial charge is 0.412 e. The van der Waals surface area contributed by atoms with Crippen LogP contribution >= 0.6 is 0 Å². The van der Waals surface area contributed by atoms with Gasteiger partial charge in [-0.15, -0.1) is 0 Å². The topological polar surface area (TPSA) is 76.9 Å². The van der Waals surface area contributed by atoms with E-state index < -0.39 is 30.2 Å². The van der Waals surface area contributed by atoms with Gasteiger partial charge in [0.2, 0.25) is 5.91 Å². The lowest BCUT2D eigenvalue weighted by Crippen LogP contribution is -2.41. The summed E-state index contributed by atoms with van der Waals surface area (Å²) in [6.45, 7) is 1.03. The molecule has 0 aliphatic heterocycles. The SMILES string of the molecule is Cc1nn(CC(=O)N[C@@H](c2cccnc2)C(F)(F)F)c(=O)c2ccccc12. The minimum absolute atomic E-state index is 0.201. The maximum atomic E-state index is 13.3. The Bertz CT molecular complexity index is 1030. The monoisotopic (exact) mass is 376 g/mol. The summed E-state index contributed by atoms with van der Waals surface area (Å²) >= 11 is 0. The number of fused-ring (bicyclic) bond motifs is 1. The molecule has 27 heavy (non-hydrogen) atoms. The molecule has 2 heterocycles. The molecule has 0 radical (unpaired) electrons. The molecule has 140 valence electrons. The van der Waals surface area contributed by atoms with E-state index in [1.807, 2.05) is 5.32 Å². The molecule has 0 spiro atoms. The molecular formula is C18H15F3N4O2. The Morgan fingerprint density at radius 2 is 1.89 bits per heavy atom. The zero-order valence-electron chi connectivity index (χ0n) is 14.2. The first kappa shape index (κ1) is 18.6. The number of hydrogen-bond acceptors (Lipinski definition) is 4. The van der Waals surface area contributed by atoms with Gasteiger partial charge in [0.25, 0.3) is 5.56 Å². The number of carbonyl (C=O) groups is 1. The Labute approximate surface area is 151 Å². The second kappa shape index (κ2) is 7.18. The van der Waals surface area contributed by atoms with Crippen LogP contribution < -0.4 is 10.9 Å². The average Bonchev–Trinajstić information content (AvgIpc) is 2.64. The van der Waals surface area contributed by atoms with E-state index in [-0.39, 0.29) is 5.56 Å². The van der Waals surface area contributed by atoms with Crippen molar-refractivity contribution >= 4 is 16.7 Å². The van der Waals surface area contributed by atoms with Crippen LogP contribution in [0.1, 0.15) is 17.3 Å². The minimum Gasteiger partial charge on any atom is -0.339 e. The van der Waals surface area contributed by atoms with Gasteiger partial charge in [0.05, 0.1) is 11.1 Å². The van der Waals surface area contributed by atoms with E-state index in [0.29, 0.717) is 16.5 Å². The number of benzene rings is 1. The number of amides is 1. The summed E-state index contributed by atoms with van der Waals surface area (Å²) in [5, 5.41) is 6.92. The van der Waals surface area contributed by atoms with E-state index in [0.717, 1.165) is 10.9 Å². The Balaban J connectivity index is 1.88. The fourth-order valence-corrected chi connectivity index (χ4v) is 2.76. The predicted octanol–water partition coefficient (Wildman–Crippen LogP) is 2.52. The Kier molecular flexibility index (Phi) is 4.93. The summed E-state index contributed by atoms with van der Waals surface area (Å²) in [6.07, 6.45) is -2.35. The van der Waals surface area contributed by atoms with Crippen LogP contribution in [0, 0.1) is 6.92 Å². The predicted molar refractivity (Wildman–Crippen MR) is 91.9 cm³/mol. The van der Waals surface area contributed by atoms with Gasteiger partial charge < -0.3 is 5.32 Å². The number of hydrogen-bond donors (Lipinski definition) is 1. The zero-order valence-corrected chi connectivity index (χ0v) is 14.2. The summed E-state index contributed by atoms with van der Waals surface area (Å²) in [6, 6.07) is 7.04. The van der Waals surface area contributed by atoms with Gasteiger partial charge in [0.1, 0.15) is 6.54 Å². The Morgan fingerprint density at radius 3 is 2.52 bits per heavy atom. The van der Waals surface area contributed by atoms with Crippen molar-refractivity contribution in [3.63, 3.8) is 0 Å². The molecule has 6 nitrogen and oxygen atoms in total. The van der Waals surface area contributed by atoms with Crippen molar-refractivity contribution < 1.29 is 18.0 Å². The number of aryl methyl sites for hydroxylation is 1. The minimum atomic E-state index is -4.71. The van der Waals surface area contributed by atoms with Crippen LogP contribution in [-0.4, -0.2) is 26.8 Å². The number of nitrogens with zero attached hydrogens (tertiary/aromatic N) is 3. The van der Waals surface area contributed by atoms with Crippen LogP contribution in [0.3, 0.4) is 0 Å². The van der Waals surface area contributed by atoms with Gasteiger partial charge in [-0.1, -0.05) is 24.3 Å². The third-order valence-corrected chi connectivity index (χ3v) is 4.00. The average molecular weight is 376 g/mol. The molecule has 3 rings (SSSR count). The first-order valence-corrected chi connectivity index (χ1v) is 8.00. The molecule has 2 aromatic heterocycles. The lowest BCUT2D eigenvalue weighted by Gasteiger charge is -2.21. The summed E-state index contributed by atoms with van der Waals surface area (Å²) in [5.41, 5.74) is -0.248. The highest BCUT2D eigenvalue weighted by atomic mass is 19.4. The van der Waals surface area contributed by atoms with Crippen LogP contribution in [-0.2, 0) is 11.3 Å². The molecule has 0 unspecified atom stereocenters. The van der Waals surface area contributed by atoms with Crippen LogP contribution in [0.2, 0.25) is 0 Å². The highest BCUT2D eigenvalue weighted by molar-refractivity contribution is 5.83. The maximum Gasteiger partial charge on any atom is 0.412 e. The first-order chi connectivity index (χ1) is 12.8. The van der Waals surface area contributed by atoms with Crippen LogP contribution in [0.5, 0.6) is 0 Å². The van der Waals surface area contributed by atoms with E-state index in [2.05, 4.69) is 10.1 Å². The standard InChI is InChI=1S/C18H15F3N4O2/c1-11-13-6-2-3-7-14(13)17(27)25(24-11)10-15(26)23-16(18(19,20)21)12-5-4-8-22-9-12/h2-9,16H,10H2,1H3,(H,23,26)/t16-/m0/s1. The maximum absolute atomic E-state index is 13.3. The quantitative estimate of drug-likeness (QED) is 0.759. The van der Waals surface area contributed by atoms with Crippen LogP contribution in [0.25, 0.3) is 10.8 Å². The van der Waals surface area contributed by atoms with Crippen molar-refractivity contribution in [1.29, 1.82) is 0 Å². The highest BCUT2D eigenvalue weighted by Gasteiger charge is 2.42. The number of carbonyl (C=O) groups excluding carboxylic acids is 1. The number of halogens is 3. The van der Waals surface area contributed by atoms with E-state index in [4.69, 9.17) is 0 Å². The van der Waals surface area contributed by atoms with Crippen molar-refractivity contribution in [2.75, 3.05) is 0 Å². The van der Waals surface area contributed by atoms with E-state index in [1.165, 1.54) is 18.3 Å². The van der Waals surface area contributed by atoms with Gasteiger partial charge in [-0.25, -0.2) is 4.68 Å². The molecule has 1 amide bonds. The van der Waals surface area contributed by atoms with Gasteiger partial charge in [0, 0.05) is 23.3 Å². The van der Waals surface area contributed by atoms with Crippen molar-refractivity contribution in [1.82, 2.24) is 20.1 Å². The van der Waals surface area contributed by atoms with Gasteiger partial charge in [-0.2, -0.15) is 18.3 Å². The smallest absolute Gasteiger partial charge is 0.339 e. The third kappa shape index (κ3) is 3.97. The number of pyridine rings is 1. The zero-order chi connectivity index (χ0) is 19.6. The number of nitrogens with one attached hydrogen (secondary N) is 1. The molecule has 3 aromatic rings. The van der Waals surface area contributed by atoms with Crippen LogP contribution in [0.15, 0.2) is 53.6 Å². The molecule has 0 fully saturated rings. The van der Waals surface area contributed by atoms with Crippen molar-refractivity contribution in [3.8, 4) is 0 Å². The van der Waals surface area contributed by atoms with E-state index in [1.54, 1.807) is 31.2 Å². The summed E-state index contributed by atoms with van der Waals surface area (Å²) in [7, 11) is 0. The van der Waals surface area contributed by atoms with Crippen molar-refractivity contribution in [2.24, 2.45) is 0 Å². The van der Waals surface area contributed by atoms with E-state index in [9.17, 15) is 22.8 Å². The Hall–Kier alpha value is -3.23. The lowest BCUT2D eigenvalue weighted by molar-refractivity contribution is -0.163. The molecule has 0 aliphatic rings. The fourth-order valence-electron chi connectivity index (χ4n) is 2.76. The molecule has 0 aliphatic carbocycles. The second-order valence-corrected chi connectivity index (χ2v) is 5.92. The number of alkyl halides is 3. The molecule has 0 saturated carbocycles. The second-order valence-electron chi connectivity index (χ2n) is 5.92. The molecule has 0 saturated heterocycles. The van der Waals surface area contributed by atoms with Crippen molar-refractivity contribution in [3.05, 3.63) is 70.4 Å². The highest BCUT2D eigenvalue weighted by Crippen LogP contribution is 2.32. The molecule has 1 aromatic carbocycles. The van der Waals surface area contributed by atoms with Crippen LogP contribution in [0.4, 0.5) is 13.2 Å². The lowest BCUT2D eigenvalue weighted by atomic mass is 10.1. The third-order valence-electron chi connectivity index (χ3n) is 4.00. The van der Waals surface area contributed by atoms with Gasteiger partial charge in [0.15, 0.2) is 6.04 Å². The van der Waals surface area contributed by atoms with Crippen molar-refractivity contribution in [2.45, 2.75) is 25.7 Å². The van der Waals surface area contributed by atoms with Gasteiger partial charge in [-0.05, 0) is 19.1 Å². The fraction of sp³-hybridized carbons (Fsp3) is 0.222. The van der Waals surface area contributed by atoms with Gasteiger partial charge >= 0.3 is 6.18 Å².